The third-order valence-corrected chi connectivity index (χ3v) is 2.80. The summed E-state index contributed by atoms with van der Waals surface area (Å²) in [6, 6.07) is 11.3. The van der Waals surface area contributed by atoms with Crippen molar-refractivity contribution in [2.75, 3.05) is 0 Å². The van der Waals surface area contributed by atoms with Crippen LogP contribution < -0.4 is 0 Å². The Labute approximate surface area is 125 Å². The lowest BCUT2D eigenvalue weighted by atomic mass is 9.92. The van der Waals surface area contributed by atoms with Crippen molar-refractivity contribution in [2.45, 2.75) is 0 Å². The normalized spacial score (nSPS) is 11.1. The molecule has 0 amide bonds. The summed E-state index contributed by atoms with van der Waals surface area (Å²) < 4.78 is 0. The Kier molecular flexibility index (Phi) is 6.01. The van der Waals surface area contributed by atoms with Crippen LogP contribution in [-0.4, -0.2) is 23.7 Å². The zero-order valence-corrected chi connectivity index (χ0v) is 11.3. The van der Waals surface area contributed by atoms with E-state index in [1.165, 1.54) is 12.2 Å². The second kappa shape index (κ2) is 7.97. The van der Waals surface area contributed by atoms with Gasteiger partial charge in [0.05, 0.1) is 0 Å². The van der Waals surface area contributed by atoms with Crippen LogP contribution in [0.1, 0.15) is 20.7 Å². The van der Waals surface area contributed by atoms with Crippen LogP contribution >= 0.6 is 0 Å². The molecule has 2 N–H and O–H groups in total. The molecule has 0 fully saturated rings. The molecule has 1 aliphatic carbocycles. The fourth-order valence-electron chi connectivity index (χ4n) is 1.98. The number of rotatable bonds is 0. The maximum Gasteiger partial charge on any atom is 0.231 e. The maximum absolute atomic E-state index is 11.6. The van der Waals surface area contributed by atoms with E-state index in [0.717, 1.165) is 22.9 Å². The van der Waals surface area contributed by atoms with E-state index in [0.29, 0.717) is 11.1 Å². The molecule has 6 heteroatoms. The summed E-state index contributed by atoms with van der Waals surface area (Å²) in [7, 11) is 0. The molecule has 0 radical (unpaired) electrons. The summed E-state index contributed by atoms with van der Waals surface area (Å²) in [5.41, 5.74) is 1.01. The van der Waals surface area contributed by atoms with Crippen LogP contribution in [0.4, 0.5) is 0 Å². The molecule has 3 rings (SSSR count). The van der Waals surface area contributed by atoms with E-state index in [1.54, 1.807) is 12.1 Å². The van der Waals surface area contributed by atoms with Crippen LogP contribution in [0.15, 0.2) is 48.6 Å². The van der Waals surface area contributed by atoms with Crippen LogP contribution in [0.3, 0.4) is 0 Å². The molecule has 0 saturated carbocycles. The molecule has 108 valence electrons. The SMILES string of the molecule is N=C=O.N=C=O.O=C1C=CC(=O)c2cc3ccccc3cc21. The van der Waals surface area contributed by atoms with Crippen LogP contribution in [0.25, 0.3) is 10.8 Å². The summed E-state index contributed by atoms with van der Waals surface area (Å²) in [5, 5.41) is 12.8. The topological polar surface area (TPSA) is 116 Å². The molecule has 22 heavy (non-hydrogen) atoms. The first-order valence-electron chi connectivity index (χ1n) is 5.96. The lowest BCUT2D eigenvalue weighted by Gasteiger charge is -2.10. The van der Waals surface area contributed by atoms with Crippen LogP contribution in [0, 0.1) is 10.8 Å². The number of allylic oxidation sites excluding steroid dienone is 2. The van der Waals surface area contributed by atoms with E-state index < -0.39 is 0 Å². The minimum absolute atomic E-state index is 0.0969. The van der Waals surface area contributed by atoms with Crippen molar-refractivity contribution in [3.63, 3.8) is 0 Å². The molecule has 0 aliphatic heterocycles. The Hall–Kier alpha value is -3.46. The Morgan fingerprint density at radius 1 is 0.727 bits per heavy atom. The quantitative estimate of drug-likeness (QED) is 0.573. The molecular formula is C16H10N2O4. The molecule has 0 spiro atoms. The van der Waals surface area contributed by atoms with Crippen molar-refractivity contribution >= 4 is 34.5 Å². The van der Waals surface area contributed by atoms with E-state index in [1.807, 2.05) is 24.3 Å². The van der Waals surface area contributed by atoms with Crippen LogP contribution in [0.5, 0.6) is 0 Å². The van der Waals surface area contributed by atoms with Crippen molar-refractivity contribution in [1.29, 1.82) is 10.8 Å². The predicted octanol–water partition coefficient (Wildman–Crippen LogP) is 2.58. The van der Waals surface area contributed by atoms with Gasteiger partial charge in [-0.15, -0.1) is 0 Å². The first-order valence-corrected chi connectivity index (χ1v) is 5.96. The van der Waals surface area contributed by atoms with Gasteiger partial charge in [0.15, 0.2) is 11.6 Å². The van der Waals surface area contributed by atoms with E-state index in [-0.39, 0.29) is 11.6 Å². The van der Waals surface area contributed by atoms with Gasteiger partial charge in [-0.05, 0) is 35.1 Å². The second-order valence-electron chi connectivity index (χ2n) is 4.01. The number of hydrogen-bond donors (Lipinski definition) is 2. The van der Waals surface area contributed by atoms with E-state index in [2.05, 4.69) is 0 Å². The highest BCUT2D eigenvalue weighted by atomic mass is 16.1. The van der Waals surface area contributed by atoms with Crippen molar-refractivity contribution in [3.8, 4) is 0 Å². The average Bonchev–Trinajstić information content (AvgIpc) is 2.51. The molecule has 0 atom stereocenters. The van der Waals surface area contributed by atoms with Gasteiger partial charge in [-0.2, -0.15) is 0 Å². The number of nitrogens with one attached hydrogen (secondary N) is 2. The van der Waals surface area contributed by atoms with Crippen LogP contribution in [0.2, 0.25) is 0 Å². The largest absolute Gasteiger partial charge is 0.289 e. The Morgan fingerprint density at radius 3 is 1.36 bits per heavy atom. The molecule has 1 aliphatic rings. The highest BCUT2D eigenvalue weighted by Gasteiger charge is 2.19. The number of carbonyl (C=O) groups excluding carboxylic acids is 4. The summed E-state index contributed by atoms with van der Waals surface area (Å²) in [6.45, 7) is 0. The second-order valence-corrected chi connectivity index (χ2v) is 4.01. The van der Waals surface area contributed by atoms with Gasteiger partial charge in [0, 0.05) is 11.1 Å². The maximum atomic E-state index is 11.6. The number of ketones is 2. The summed E-state index contributed by atoms with van der Waals surface area (Å²) in [6.07, 6.45) is 4.17. The molecule has 6 nitrogen and oxygen atoms in total. The first-order chi connectivity index (χ1) is 10.6. The lowest BCUT2D eigenvalue weighted by molar-refractivity contribution is 0.0994. The van der Waals surface area contributed by atoms with Gasteiger partial charge in [-0.3, -0.25) is 9.59 Å². The number of hydrogen-bond acceptors (Lipinski definition) is 6. The van der Waals surface area contributed by atoms with Crippen molar-refractivity contribution < 1.29 is 19.2 Å². The summed E-state index contributed by atoms with van der Waals surface area (Å²) >= 11 is 0. The van der Waals surface area contributed by atoms with Crippen molar-refractivity contribution in [2.24, 2.45) is 0 Å². The van der Waals surface area contributed by atoms with Gasteiger partial charge in [0.2, 0.25) is 12.2 Å². The molecule has 0 aromatic heterocycles. The Morgan fingerprint density at radius 2 is 1.05 bits per heavy atom. The molecule has 0 unspecified atom stereocenters. The number of isocyanates is 2. The standard InChI is InChI=1S/C14H8O2.2CHNO/c15-13-5-6-14(16)12-8-10-4-2-1-3-9(10)7-11(12)13;2*2-1-3/h1-8H;2*2H. The average molecular weight is 294 g/mol. The minimum atomic E-state index is -0.0969. The molecule has 0 bridgehead atoms. The van der Waals surface area contributed by atoms with Gasteiger partial charge >= 0.3 is 0 Å². The number of carbonyl (C=O) groups is 2. The lowest BCUT2D eigenvalue weighted by Crippen LogP contribution is -2.11. The van der Waals surface area contributed by atoms with Gasteiger partial charge in [0.25, 0.3) is 0 Å². The Bertz CT molecular complexity index is 757. The molecule has 0 heterocycles. The zero-order chi connectivity index (χ0) is 16.5. The molecule has 2 aromatic rings. The fraction of sp³-hybridized carbons (Fsp3) is 0. The summed E-state index contributed by atoms with van der Waals surface area (Å²) in [4.78, 5) is 40.0. The van der Waals surface area contributed by atoms with Gasteiger partial charge in [-0.25, -0.2) is 20.4 Å². The monoisotopic (exact) mass is 294 g/mol. The number of fused-ring (bicyclic) bond motifs is 2. The summed E-state index contributed by atoms with van der Waals surface area (Å²) in [5.74, 6) is -0.194. The van der Waals surface area contributed by atoms with Crippen molar-refractivity contribution in [3.05, 3.63) is 59.7 Å². The van der Waals surface area contributed by atoms with Crippen LogP contribution in [-0.2, 0) is 9.59 Å². The van der Waals surface area contributed by atoms with Gasteiger partial charge in [-0.1, -0.05) is 24.3 Å². The van der Waals surface area contributed by atoms with Gasteiger partial charge in [0.1, 0.15) is 0 Å². The van der Waals surface area contributed by atoms with E-state index >= 15 is 0 Å². The van der Waals surface area contributed by atoms with E-state index in [9.17, 15) is 9.59 Å². The van der Waals surface area contributed by atoms with Gasteiger partial charge < -0.3 is 0 Å². The van der Waals surface area contributed by atoms with E-state index in [4.69, 9.17) is 20.4 Å². The Balaban J connectivity index is 0.000000353. The predicted molar refractivity (Wildman–Crippen MR) is 78.6 cm³/mol. The minimum Gasteiger partial charge on any atom is -0.289 e. The highest BCUT2D eigenvalue weighted by molar-refractivity contribution is 6.23. The third kappa shape index (κ3) is 3.77. The molecular weight excluding hydrogens is 284 g/mol. The highest BCUT2D eigenvalue weighted by Crippen LogP contribution is 2.23. The smallest absolute Gasteiger partial charge is 0.231 e. The fourth-order valence-corrected chi connectivity index (χ4v) is 1.98. The molecule has 0 saturated heterocycles. The molecule has 2 aromatic carbocycles. The van der Waals surface area contributed by atoms with Crippen molar-refractivity contribution in [1.82, 2.24) is 0 Å². The third-order valence-electron chi connectivity index (χ3n) is 2.80. The first kappa shape index (κ1) is 16.6. The zero-order valence-electron chi connectivity index (χ0n) is 11.3. The number of benzene rings is 2.